The summed E-state index contributed by atoms with van der Waals surface area (Å²) in [6, 6.07) is 23.8. The molecule has 4 heteroatoms. The van der Waals surface area contributed by atoms with Crippen LogP contribution in [0.25, 0.3) is 0 Å². The summed E-state index contributed by atoms with van der Waals surface area (Å²) >= 11 is 0. The predicted molar refractivity (Wildman–Crippen MR) is 125 cm³/mol. The molecule has 0 aliphatic carbocycles. The molecule has 0 saturated heterocycles. The normalized spacial score (nSPS) is 11.6. The van der Waals surface area contributed by atoms with Gasteiger partial charge in [-0.15, -0.1) is 0 Å². The third-order valence-electron chi connectivity index (χ3n) is 5.12. The number of hydrogen-bond acceptors (Lipinski definition) is 3. The molecule has 4 nitrogen and oxygen atoms in total. The molecular formula is C27H31NO3. The number of nitrogens with one attached hydrogen (secondary N) is 1. The van der Waals surface area contributed by atoms with Crippen molar-refractivity contribution in [3.63, 3.8) is 0 Å². The molecular weight excluding hydrogens is 386 g/mol. The zero-order valence-corrected chi connectivity index (χ0v) is 18.6. The maximum atomic E-state index is 12.8. The van der Waals surface area contributed by atoms with E-state index in [2.05, 4.69) is 17.4 Å². The van der Waals surface area contributed by atoms with Crippen molar-refractivity contribution in [1.29, 1.82) is 0 Å². The summed E-state index contributed by atoms with van der Waals surface area (Å²) in [5.41, 5.74) is 3.92. The number of benzene rings is 3. The van der Waals surface area contributed by atoms with Gasteiger partial charge in [-0.2, -0.15) is 0 Å². The van der Waals surface area contributed by atoms with E-state index in [1.54, 1.807) is 6.07 Å². The Hall–Kier alpha value is -3.27. The Bertz CT molecular complexity index is 968. The molecule has 0 saturated carbocycles. The van der Waals surface area contributed by atoms with Crippen LogP contribution in [0.5, 0.6) is 11.5 Å². The maximum absolute atomic E-state index is 12.8. The molecule has 162 valence electrons. The minimum absolute atomic E-state index is 0.0755. The third-order valence-corrected chi connectivity index (χ3v) is 5.12. The molecule has 3 rings (SSSR count). The van der Waals surface area contributed by atoms with E-state index in [-0.39, 0.29) is 11.9 Å². The van der Waals surface area contributed by atoms with Gasteiger partial charge in [-0.3, -0.25) is 4.79 Å². The second-order valence-electron chi connectivity index (χ2n) is 7.76. The lowest BCUT2D eigenvalue weighted by Crippen LogP contribution is -2.33. The maximum Gasteiger partial charge on any atom is 0.251 e. The fourth-order valence-electron chi connectivity index (χ4n) is 3.33. The lowest BCUT2D eigenvalue weighted by atomic mass is 10.1. The summed E-state index contributed by atoms with van der Waals surface area (Å²) in [6.45, 7) is 6.92. The minimum Gasteiger partial charge on any atom is -0.493 e. The predicted octanol–water partition coefficient (Wildman–Crippen LogP) is 5.72. The van der Waals surface area contributed by atoms with Gasteiger partial charge in [0.1, 0.15) is 18.1 Å². The third kappa shape index (κ3) is 6.88. The number of carbonyl (C=O) groups is 1. The fraction of sp³-hybridized carbons (Fsp3) is 0.296. The van der Waals surface area contributed by atoms with E-state index in [4.69, 9.17) is 9.47 Å². The summed E-state index contributed by atoms with van der Waals surface area (Å²) in [7, 11) is 0. The van der Waals surface area contributed by atoms with Crippen LogP contribution >= 0.6 is 0 Å². The number of amides is 1. The summed E-state index contributed by atoms with van der Waals surface area (Å²) in [6.07, 6.45) is 1.82. The average Bonchev–Trinajstić information content (AvgIpc) is 2.79. The van der Waals surface area contributed by atoms with E-state index in [0.29, 0.717) is 18.8 Å². The first-order valence-corrected chi connectivity index (χ1v) is 10.8. The lowest BCUT2D eigenvalue weighted by molar-refractivity contribution is 0.0938. The van der Waals surface area contributed by atoms with Gasteiger partial charge in [-0.05, 0) is 69.5 Å². The van der Waals surface area contributed by atoms with Gasteiger partial charge in [0, 0.05) is 17.2 Å². The van der Waals surface area contributed by atoms with Crippen molar-refractivity contribution in [2.75, 3.05) is 6.61 Å². The van der Waals surface area contributed by atoms with Gasteiger partial charge < -0.3 is 14.8 Å². The highest BCUT2D eigenvalue weighted by Crippen LogP contribution is 2.23. The van der Waals surface area contributed by atoms with Crippen LogP contribution in [0.4, 0.5) is 0 Å². The highest BCUT2D eigenvalue weighted by Gasteiger charge is 2.14. The van der Waals surface area contributed by atoms with Gasteiger partial charge in [-0.25, -0.2) is 0 Å². The zero-order valence-electron chi connectivity index (χ0n) is 18.6. The van der Waals surface area contributed by atoms with Crippen molar-refractivity contribution in [2.24, 2.45) is 0 Å². The average molecular weight is 418 g/mol. The minimum atomic E-state index is -0.0832. The van der Waals surface area contributed by atoms with Gasteiger partial charge in [-0.1, -0.05) is 48.0 Å². The molecule has 0 fully saturated rings. The zero-order chi connectivity index (χ0) is 22.1. The summed E-state index contributed by atoms with van der Waals surface area (Å²) in [4.78, 5) is 12.8. The molecule has 0 aliphatic rings. The van der Waals surface area contributed by atoms with E-state index in [1.807, 2.05) is 75.4 Å². The molecule has 0 aromatic heterocycles. The van der Waals surface area contributed by atoms with E-state index >= 15 is 0 Å². The molecule has 3 aromatic rings. The molecule has 1 amide bonds. The molecule has 1 N–H and O–H groups in total. The standard InChI is InChI=1S/C27H31NO3/c1-4-30-26-17-14-23(18-24(26)19-31-25-15-10-20(2)11-16-25)27(29)28-21(3)12-13-22-8-6-5-7-9-22/h5-11,14-18,21H,4,12-13,19H2,1-3H3,(H,28,29). The van der Waals surface area contributed by atoms with Crippen LogP contribution < -0.4 is 14.8 Å². The Kier molecular flexibility index (Phi) is 8.11. The van der Waals surface area contributed by atoms with Gasteiger partial charge in [0.15, 0.2) is 0 Å². The first-order valence-electron chi connectivity index (χ1n) is 10.8. The number of hydrogen-bond donors (Lipinski definition) is 1. The second kappa shape index (κ2) is 11.2. The van der Waals surface area contributed by atoms with Gasteiger partial charge >= 0.3 is 0 Å². The van der Waals surface area contributed by atoms with Gasteiger partial charge in [0.25, 0.3) is 5.91 Å². The van der Waals surface area contributed by atoms with Crippen molar-refractivity contribution in [3.8, 4) is 11.5 Å². The number of rotatable bonds is 10. The highest BCUT2D eigenvalue weighted by molar-refractivity contribution is 5.94. The Balaban J connectivity index is 1.63. The Morgan fingerprint density at radius 2 is 1.71 bits per heavy atom. The van der Waals surface area contributed by atoms with Crippen LogP contribution in [0.2, 0.25) is 0 Å². The fourth-order valence-corrected chi connectivity index (χ4v) is 3.33. The van der Waals surface area contributed by atoms with Crippen molar-refractivity contribution in [2.45, 2.75) is 46.3 Å². The highest BCUT2D eigenvalue weighted by atomic mass is 16.5. The van der Waals surface area contributed by atoms with Crippen molar-refractivity contribution in [1.82, 2.24) is 5.32 Å². The smallest absolute Gasteiger partial charge is 0.251 e. The molecule has 0 spiro atoms. The van der Waals surface area contributed by atoms with Crippen LogP contribution in [-0.2, 0) is 13.0 Å². The van der Waals surface area contributed by atoms with Crippen LogP contribution in [0.15, 0.2) is 72.8 Å². The number of ether oxygens (including phenoxy) is 2. The SMILES string of the molecule is CCOc1ccc(C(=O)NC(C)CCc2ccccc2)cc1COc1ccc(C)cc1. The number of aryl methyl sites for hydroxylation is 2. The molecule has 0 bridgehead atoms. The molecule has 1 unspecified atom stereocenters. The van der Waals surface area contributed by atoms with E-state index in [0.717, 1.165) is 29.9 Å². The number of carbonyl (C=O) groups excluding carboxylic acids is 1. The van der Waals surface area contributed by atoms with Gasteiger partial charge in [0.05, 0.1) is 6.61 Å². The van der Waals surface area contributed by atoms with Crippen molar-refractivity contribution >= 4 is 5.91 Å². The molecule has 0 radical (unpaired) electrons. The van der Waals surface area contributed by atoms with Gasteiger partial charge in [0.2, 0.25) is 0 Å². The van der Waals surface area contributed by atoms with Crippen molar-refractivity contribution in [3.05, 3.63) is 95.1 Å². The largest absolute Gasteiger partial charge is 0.493 e. The quantitative estimate of drug-likeness (QED) is 0.459. The van der Waals surface area contributed by atoms with Crippen LogP contribution in [0, 0.1) is 6.92 Å². The van der Waals surface area contributed by atoms with E-state index in [1.165, 1.54) is 11.1 Å². The topological polar surface area (TPSA) is 47.6 Å². The Morgan fingerprint density at radius 1 is 0.968 bits per heavy atom. The summed E-state index contributed by atoms with van der Waals surface area (Å²) in [5, 5.41) is 3.10. The molecule has 0 aliphatic heterocycles. The van der Waals surface area contributed by atoms with Crippen LogP contribution in [0.1, 0.15) is 47.3 Å². The molecule has 0 heterocycles. The lowest BCUT2D eigenvalue weighted by Gasteiger charge is -2.16. The molecule has 3 aromatic carbocycles. The van der Waals surface area contributed by atoms with E-state index < -0.39 is 0 Å². The molecule has 1 atom stereocenters. The Labute approximate surface area is 185 Å². The first-order chi connectivity index (χ1) is 15.0. The van der Waals surface area contributed by atoms with Crippen molar-refractivity contribution < 1.29 is 14.3 Å². The Morgan fingerprint density at radius 3 is 2.42 bits per heavy atom. The van der Waals surface area contributed by atoms with Crippen LogP contribution in [-0.4, -0.2) is 18.6 Å². The molecule has 31 heavy (non-hydrogen) atoms. The second-order valence-corrected chi connectivity index (χ2v) is 7.76. The summed E-state index contributed by atoms with van der Waals surface area (Å²) < 4.78 is 11.7. The van der Waals surface area contributed by atoms with E-state index in [9.17, 15) is 4.79 Å². The van der Waals surface area contributed by atoms with Crippen LogP contribution in [0.3, 0.4) is 0 Å². The summed E-state index contributed by atoms with van der Waals surface area (Å²) in [5.74, 6) is 1.45. The monoisotopic (exact) mass is 417 g/mol. The first kappa shape index (κ1) is 22.4.